The lowest BCUT2D eigenvalue weighted by Crippen LogP contribution is -2.41. The Morgan fingerprint density at radius 3 is 2.45 bits per heavy atom. The zero-order chi connectivity index (χ0) is 23.3. The fraction of sp³-hybridized carbons (Fsp3) is 0.200. The molecule has 1 N–H and O–H groups in total. The Bertz CT molecular complexity index is 1290. The Labute approximate surface area is 192 Å². The smallest absolute Gasteiger partial charge is 0.243 e. The van der Waals surface area contributed by atoms with Gasteiger partial charge >= 0.3 is 0 Å². The Morgan fingerprint density at radius 2 is 1.76 bits per heavy atom. The summed E-state index contributed by atoms with van der Waals surface area (Å²) in [5.74, 6) is 5.08. The quantitative estimate of drug-likeness (QED) is 0.599. The third-order valence-electron chi connectivity index (χ3n) is 5.41. The van der Waals surface area contributed by atoms with Gasteiger partial charge in [-0.25, -0.2) is 17.8 Å². The molecule has 6 nitrogen and oxygen atoms in total. The molecule has 8 heteroatoms. The lowest BCUT2D eigenvalue weighted by atomic mass is 9.97. The first kappa shape index (κ1) is 22.6. The van der Waals surface area contributed by atoms with Crippen molar-refractivity contribution >= 4 is 21.6 Å². The van der Waals surface area contributed by atoms with Crippen LogP contribution in [0, 0.1) is 23.6 Å². The van der Waals surface area contributed by atoms with Gasteiger partial charge in [0.1, 0.15) is 11.5 Å². The summed E-state index contributed by atoms with van der Waals surface area (Å²) in [6.07, 6.45) is 2.49. The van der Waals surface area contributed by atoms with Gasteiger partial charge in [-0.1, -0.05) is 18.1 Å². The third kappa shape index (κ3) is 5.64. The molecular weight excluding hydrogens is 441 g/mol. The number of nitrogens with zero attached hydrogens (tertiary/aromatic N) is 2. The summed E-state index contributed by atoms with van der Waals surface area (Å²) in [6.45, 7) is 0.459. The van der Waals surface area contributed by atoms with Crippen LogP contribution in [0.25, 0.3) is 0 Å². The molecule has 2 heterocycles. The summed E-state index contributed by atoms with van der Waals surface area (Å²) < 4.78 is 40.0. The van der Waals surface area contributed by atoms with Gasteiger partial charge in [-0.05, 0) is 73.4 Å². The van der Waals surface area contributed by atoms with E-state index >= 15 is 0 Å². The lowest BCUT2D eigenvalue weighted by molar-refractivity contribution is -0.120. The van der Waals surface area contributed by atoms with Gasteiger partial charge in [-0.3, -0.25) is 4.79 Å². The van der Waals surface area contributed by atoms with Gasteiger partial charge in [-0.2, -0.15) is 4.31 Å². The molecule has 1 aliphatic rings. The average Bonchev–Trinajstić information content (AvgIpc) is 2.84. The van der Waals surface area contributed by atoms with Gasteiger partial charge in [0.05, 0.1) is 4.90 Å². The second-order valence-corrected chi connectivity index (χ2v) is 9.61. The fourth-order valence-electron chi connectivity index (χ4n) is 3.61. The highest BCUT2D eigenvalue weighted by atomic mass is 32.2. The van der Waals surface area contributed by atoms with Gasteiger partial charge in [0.2, 0.25) is 15.9 Å². The second kappa shape index (κ2) is 9.94. The van der Waals surface area contributed by atoms with Gasteiger partial charge in [0.25, 0.3) is 0 Å². The van der Waals surface area contributed by atoms with Crippen LogP contribution in [0.5, 0.6) is 0 Å². The molecule has 0 atom stereocenters. The molecule has 0 spiro atoms. The Hall–Kier alpha value is -3.54. The van der Waals surface area contributed by atoms with Crippen LogP contribution in [0.1, 0.15) is 24.1 Å². The van der Waals surface area contributed by atoms with Crippen LogP contribution in [0.15, 0.2) is 77.8 Å². The van der Waals surface area contributed by atoms with Crippen molar-refractivity contribution < 1.29 is 17.6 Å². The number of benzene rings is 2. The van der Waals surface area contributed by atoms with E-state index in [-0.39, 0.29) is 29.8 Å². The molecule has 1 aliphatic heterocycles. The topological polar surface area (TPSA) is 79.4 Å². The first-order valence-corrected chi connectivity index (χ1v) is 12.0. The summed E-state index contributed by atoms with van der Waals surface area (Å²) in [7, 11) is -3.71. The summed E-state index contributed by atoms with van der Waals surface area (Å²) in [5, 5.41) is 2.91. The number of hydrogen-bond acceptors (Lipinski definition) is 4. The van der Waals surface area contributed by atoms with Gasteiger partial charge in [-0.15, -0.1) is 0 Å². The highest BCUT2D eigenvalue weighted by Gasteiger charge is 2.32. The van der Waals surface area contributed by atoms with E-state index in [9.17, 15) is 17.6 Å². The molecule has 1 saturated heterocycles. The Kier molecular flexibility index (Phi) is 6.82. The number of pyridine rings is 1. The van der Waals surface area contributed by atoms with Gasteiger partial charge in [0.15, 0.2) is 0 Å². The molecule has 0 unspecified atom stereocenters. The van der Waals surface area contributed by atoms with E-state index in [0.717, 1.165) is 17.7 Å². The molecule has 1 fully saturated rings. The molecule has 4 rings (SSSR count). The minimum atomic E-state index is -3.71. The number of carbonyl (C=O) groups excluding carboxylic acids is 1. The van der Waals surface area contributed by atoms with Crippen LogP contribution < -0.4 is 5.32 Å². The van der Waals surface area contributed by atoms with Gasteiger partial charge < -0.3 is 5.32 Å². The van der Waals surface area contributed by atoms with Crippen molar-refractivity contribution in [1.29, 1.82) is 0 Å². The van der Waals surface area contributed by atoms with Crippen molar-refractivity contribution in [2.45, 2.75) is 17.7 Å². The molecule has 0 aliphatic carbocycles. The van der Waals surface area contributed by atoms with Crippen LogP contribution in [0.3, 0.4) is 0 Å². The Morgan fingerprint density at radius 1 is 1.00 bits per heavy atom. The minimum absolute atomic E-state index is 0.0513. The first-order chi connectivity index (χ1) is 15.9. The van der Waals surface area contributed by atoms with Crippen molar-refractivity contribution in [3.05, 3.63) is 90.0 Å². The summed E-state index contributed by atoms with van der Waals surface area (Å²) in [5.41, 5.74) is 2.04. The molecule has 2 aromatic carbocycles. The molecule has 0 saturated carbocycles. The normalized spacial score (nSPS) is 14.8. The number of carbonyl (C=O) groups is 1. The first-order valence-electron chi connectivity index (χ1n) is 10.5. The van der Waals surface area contributed by atoms with E-state index in [1.165, 1.54) is 16.4 Å². The molecular formula is C25H22FN3O3S. The third-order valence-corrected chi connectivity index (χ3v) is 7.32. The minimum Gasteiger partial charge on any atom is -0.326 e. The van der Waals surface area contributed by atoms with Crippen LogP contribution in [-0.4, -0.2) is 36.7 Å². The number of rotatable bonds is 4. The predicted molar refractivity (Wildman–Crippen MR) is 123 cm³/mol. The summed E-state index contributed by atoms with van der Waals surface area (Å²) in [4.78, 5) is 17.0. The lowest BCUT2D eigenvalue weighted by Gasteiger charge is -2.30. The standard InChI is InChI=1S/C25H22FN3O3S/c26-21-8-11-24(12-9-21)33(31,32)29-16-13-20(14-17-29)25(30)28-23-6-3-4-19(18-23)7-10-22-5-1-2-15-27-22/h1-6,8-9,11-12,15,18,20H,13-14,16-17H2,(H,28,30). The van der Waals surface area contributed by atoms with Crippen molar-refractivity contribution in [2.24, 2.45) is 5.92 Å². The maximum atomic E-state index is 13.1. The van der Waals surface area contributed by atoms with E-state index in [1.54, 1.807) is 18.3 Å². The van der Waals surface area contributed by atoms with Crippen molar-refractivity contribution in [3.8, 4) is 11.8 Å². The van der Waals surface area contributed by atoms with E-state index in [4.69, 9.17) is 0 Å². The summed E-state index contributed by atoms with van der Waals surface area (Å²) >= 11 is 0. The Balaban J connectivity index is 1.36. The molecule has 1 amide bonds. The molecule has 0 bridgehead atoms. The molecule has 168 valence electrons. The van der Waals surface area contributed by atoms with Crippen LogP contribution >= 0.6 is 0 Å². The van der Waals surface area contributed by atoms with Crippen molar-refractivity contribution in [2.75, 3.05) is 18.4 Å². The van der Waals surface area contributed by atoms with E-state index in [1.807, 2.05) is 30.3 Å². The van der Waals surface area contributed by atoms with Crippen LogP contribution in [0.2, 0.25) is 0 Å². The number of nitrogens with one attached hydrogen (secondary N) is 1. The largest absolute Gasteiger partial charge is 0.326 e. The number of anilines is 1. The van der Waals surface area contributed by atoms with E-state index in [2.05, 4.69) is 22.1 Å². The molecule has 0 radical (unpaired) electrons. The highest BCUT2D eigenvalue weighted by Crippen LogP contribution is 2.25. The SMILES string of the molecule is O=C(Nc1cccc(C#Cc2ccccn2)c1)C1CCN(S(=O)(=O)c2ccc(F)cc2)CC1. The van der Waals surface area contributed by atoms with Crippen molar-refractivity contribution in [1.82, 2.24) is 9.29 Å². The number of hydrogen-bond donors (Lipinski definition) is 1. The van der Waals surface area contributed by atoms with E-state index in [0.29, 0.717) is 24.2 Å². The number of sulfonamides is 1. The highest BCUT2D eigenvalue weighted by molar-refractivity contribution is 7.89. The summed E-state index contributed by atoms with van der Waals surface area (Å²) in [6, 6.07) is 17.5. The monoisotopic (exact) mass is 463 g/mol. The van der Waals surface area contributed by atoms with Gasteiger partial charge in [0, 0.05) is 36.5 Å². The van der Waals surface area contributed by atoms with Crippen molar-refractivity contribution in [3.63, 3.8) is 0 Å². The maximum absolute atomic E-state index is 13.1. The number of halogens is 1. The second-order valence-electron chi connectivity index (χ2n) is 7.67. The number of amides is 1. The van der Waals surface area contributed by atoms with Crippen LogP contribution in [-0.2, 0) is 14.8 Å². The van der Waals surface area contributed by atoms with Crippen LogP contribution in [0.4, 0.5) is 10.1 Å². The predicted octanol–water partition coefficient (Wildman–Crippen LogP) is 3.66. The van der Waals surface area contributed by atoms with E-state index < -0.39 is 15.8 Å². The maximum Gasteiger partial charge on any atom is 0.243 e. The zero-order valence-electron chi connectivity index (χ0n) is 17.7. The fourth-order valence-corrected chi connectivity index (χ4v) is 5.08. The number of piperidine rings is 1. The average molecular weight is 464 g/mol. The molecule has 3 aromatic rings. The zero-order valence-corrected chi connectivity index (χ0v) is 18.6. The number of aromatic nitrogens is 1. The molecule has 33 heavy (non-hydrogen) atoms. The molecule has 1 aromatic heterocycles.